The molecular weight excluding hydrogens is 240 g/mol. The van der Waals surface area contributed by atoms with Gasteiger partial charge in [0.25, 0.3) is 0 Å². The highest BCUT2D eigenvalue weighted by atomic mass is 16.5. The molecule has 2 N–H and O–H groups in total. The number of hydrogen-bond donors (Lipinski definition) is 2. The maximum absolute atomic E-state index is 11.9. The molecule has 3 atom stereocenters. The molecule has 2 saturated heterocycles. The number of rotatable bonds is 6. The lowest BCUT2D eigenvalue weighted by molar-refractivity contribution is -0.122. The van der Waals surface area contributed by atoms with E-state index in [-0.39, 0.29) is 5.91 Å². The van der Waals surface area contributed by atoms with Crippen molar-refractivity contribution >= 4 is 5.91 Å². The van der Waals surface area contributed by atoms with Crippen molar-refractivity contribution in [1.82, 2.24) is 10.6 Å². The fourth-order valence-corrected chi connectivity index (χ4v) is 3.14. The summed E-state index contributed by atoms with van der Waals surface area (Å²) >= 11 is 0. The molecule has 2 rings (SSSR count). The molecule has 2 fully saturated rings. The van der Waals surface area contributed by atoms with Gasteiger partial charge in [-0.3, -0.25) is 4.79 Å². The van der Waals surface area contributed by atoms with Crippen molar-refractivity contribution < 1.29 is 9.53 Å². The summed E-state index contributed by atoms with van der Waals surface area (Å²) in [6.07, 6.45) is 6.83. The summed E-state index contributed by atoms with van der Waals surface area (Å²) in [7, 11) is 0. The maximum Gasteiger partial charge on any atom is 0.220 e. The van der Waals surface area contributed by atoms with E-state index < -0.39 is 0 Å². The Morgan fingerprint density at radius 3 is 3.00 bits per heavy atom. The molecule has 0 aromatic heterocycles. The molecule has 4 heteroatoms. The molecule has 0 aliphatic carbocycles. The molecule has 3 unspecified atom stereocenters. The van der Waals surface area contributed by atoms with Gasteiger partial charge in [0.05, 0.1) is 6.10 Å². The van der Waals surface area contributed by atoms with E-state index in [4.69, 9.17) is 4.74 Å². The van der Waals surface area contributed by atoms with Gasteiger partial charge in [0, 0.05) is 19.6 Å². The van der Waals surface area contributed by atoms with Crippen molar-refractivity contribution in [1.29, 1.82) is 0 Å². The average Bonchev–Trinajstić information content (AvgIpc) is 2.93. The van der Waals surface area contributed by atoms with Gasteiger partial charge < -0.3 is 15.4 Å². The summed E-state index contributed by atoms with van der Waals surface area (Å²) in [5.41, 5.74) is 0. The van der Waals surface area contributed by atoms with Crippen molar-refractivity contribution in [3.05, 3.63) is 0 Å². The Morgan fingerprint density at radius 1 is 1.42 bits per heavy atom. The Hall–Kier alpha value is -0.610. The van der Waals surface area contributed by atoms with Crippen LogP contribution in [0, 0.1) is 11.8 Å². The standard InChI is InChI=1S/C15H28N2O2/c1-12(13-4-2-7-16-11-13)10-15(18)17-8-6-14-5-3-9-19-14/h12-14,16H,2-11H2,1H3,(H,17,18). The van der Waals surface area contributed by atoms with Crippen molar-refractivity contribution in [2.45, 2.75) is 51.6 Å². The summed E-state index contributed by atoms with van der Waals surface area (Å²) in [5, 5.41) is 6.46. The van der Waals surface area contributed by atoms with E-state index in [0.717, 1.165) is 39.1 Å². The van der Waals surface area contributed by atoms with Crippen LogP contribution in [0.4, 0.5) is 0 Å². The van der Waals surface area contributed by atoms with E-state index in [1.165, 1.54) is 19.3 Å². The van der Waals surface area contributed by atoms with Crippen LogP contribution in [-0.4, -0.2) is 38.3 Å². The molecule has 0 spiro atoms. The summed E-state index contributed by atoms with van der Waals surface area (Å²) in [5.74, 6) is 1.35. The van der Waals surface area contributed by atoms with Crippen LogP contribution in [0.15, 0.2) is 0 Å². The number of carbonyl (C=O) groups is 1. The van der Waals surface area contributed by atoms with Crippen LogP contribution in [0.3, 0.4) is 0 Å². The van der Waals surface area contributed by atoms with Gasteiger partial charge in [-0.2, -0.15) is 0 Å². The lowest BCUT2D eigenvalue weighted by Crippen LogP contribution is -2.36. The molecule has 1 amide bonds. The number of hydrogen-bond acceptors (Lipinski definition) is 3. The van der Waals surface area contributed by atoms with Crippen molar-refractivity contribution in [3.8, 4) is 0 Å². The fourth-order valence-electron chi connectivity index (χ4n) is 3.14. The van der Waals surface area contributed by atoms with Crippen LogP contribution in [0.5, 0.6) is 0 Å². The zero-order valence-electron chi connectivity index (χ0n) is 12.1. The summed E-state index contributed by atoms with van der Waals surface area (Å²) in [6, 6.07) is 0. The molecule has 4 nitrogen and oxygen atoms in total. The van der Waals surface area contributed by atoms with Crippen molar-refractivity contribution in [2.24, 2.45) is 11.8 Å². The normalized spacial score (nSPS) is 29.1. The third-order valence-electron chi connectivity index (χ3n) is 4.46. The molecule has 2 aliphatic rings. The number of ether oxygens (including phenoxy) is 1. The predicted molar refractivity (Wildman–Crippen MR) is 76.0 cm³/mol. The van der Waals surface area contributed by atoms with Gasteiger partial charge in [0.1, 0.15) is 0 Å². The van der Waals surface area contributed by atoms with E-state index in [9.17, 15) is 4.79 Å². The molecule has 110 valence electrons. The zero-order valence-corrected chi connectivity index (χ0v) is 12.1. The number of nitrogens with one attached hydrogen (secondary N) is 2. The number of amides is 1. The molecular formula is C15H28N2O2. The third kappa shape index (κ3) is 5.11. The van der Waals surface area contributed by atoms with Crippen LogP contribution < -0.4 is 10.6 Å². The Bertz CT molecular complexity index is 271. The largest absolute Gasteiger partial charge is 0.378 e. The minimum absolute atomic E-state index is 0.205. The lowest BCUT2D eigenvalue weighted by atomic mass is 9.85. The second-order valence-electron chi connectivity index (χ2n) is 6.06. The summed E-state index contributed by atoms with van der Waals surface area (Å²) in [6.45, 7) is 6.07. The molecule has 19 heavy (non-hydrogen) atoms. The SMILES string of the molecule is CC(CC(=O)NCCC1CCCO1)C1CCCNC1. The number of piperidine rings is 1. The van der Waals surface area contributed by atoms with Crippen LogP contribution in [-0.2, 0) is 9.53 Å². The lowest BCUT2D eigenvalue weighted by Gasteiger charge is -2.28. The van der Waals surface area contributed by atoms with Gasteiger partial charge in [-0.05, 0) is 57.0 Å². The first-order chi connectivity index (χ1) is 9.25. The molecule has 2 aliphatic heterocycles. The minimum Gasteiger partial charge on any atom is -0.378 e. The molecule has 0 aromatic carbocycles. The van der Waals surface area contributed by atoms with Crippen LogP contribution in [0.1, 0.15) is 45.4 Å². The van der Waals surface area contributed by atoms with E-state index in [1.807, 2.05) is 0 Å². The average molecular weight is 268 g/mol. The Balaban J connectivity index is 1.57. The Morgan fingerprint density at radius 2 is 2.32 bits per heavy atom. The molecule has 0 saturated carbocycles. The quantitative estimate of drug-likeness (QED) is 0.771. The van der Waals surface area contributed by atoms with Crippen molar-refractivity contribution in [3.63, 3.8) is 0 Å². The van der Waals surface area contributed by atoms with Gasteiger partial charge in [-0.25, -0.2) is 0 Å². The fraction of sp³-hybridized carbons (Fsp3) is 0.933. The maximum atomic E-state index is 11.9. The van der Waals surface area contributed by atoms with E-state index in [0.29, 0.717) is 24.4 Å². The van der Waals surface area contributed by atoms with Gasteiger partial charge in [0.15, 0.2) is 0 Å². The summed E-state index contributed by atoms with van der Waals surface area (Å²) < 4.78 is 5.55. The molecule has 0 radical (unpaired) electrons. The van der Waals surface area contributed by atoms with Crippen LogP contribution >= 0.6 is 0 Å². The highest BCUT2D eigenvalue weighted by molar-refractivity contribution is 5.76. The second kappa shape index (κ2) is 7.85. The molecule has 2 heterocycles. The predicted octanol–water partition coefficient (Wildman–Crippen LogP) is 1.70. The monoisotopic (exact) mass is 268 g/mol. The highest BCUT2D eigenvalue weighted by Crippen LogP contribution is 2.22. The summed E-state index contributed by atoms with van der Waals surface area (Å²) in [4.78, 5) is 11.9. The van der Waals surface area contributed by atoms with Gasteiger partial charge in [0.2, 0.25) is 5.91 Å². The Labute approximate surface area is 116 Å². The Kier molecular flexibility index (Phi) is 6.11. The van der Waals surface area contributed by atoms with Gasteiger partial charge >= 0.3 is 0 Å². The zero-order chi connectivity index (χ0) is 13.5. The van der Waals surface area contributed by atoms with Crippen LogP contribution in [0.2, 0.25) is 0 Å². The van der Waals surface area contributed by atoms with Crippen LogP contribution in [0.25, 0.3) is 0 Å². The van der Waals surface area contributed by atoms with Gasteiger partial charge in [-0.1, -0.05) is 6.92 Å². The minimum atomic E-state index is 0.205. The first kappa shape index (κ1) is 14.8. The van der Waals surface area contributed by atoms with E-state index in [2.05, 4.69) is 17.6 Å². The van der Waals surface area contributed by atoms with E-state index >= 15 is 0 Å². The smallest absolute Gasteiger partial charge is 0.220 e. The highest BCUT2D eigenvalue weighted by Gasteiger charge is 2.22. The number of carbonyl (C=O) groups excluding carboxylic acids is 1. The third-order valence-corrected chi connectivity index (χ3v) is 4.46. The first-order valence-corrected chi connectivity index (χ1v) is 7.84. The first-order valence-electron chi connectivity index (χ1n) is 7.84. The molecule has 0 bridgehead atoms. The van der Waals surface area contributed by atoms with Gasteiger partial charge in [-0.15, -0.1) is 0 Å². The van der Waals surface area contributed by atoms with Crippen molar-refractivity contribution in [2.75, 3.05) is 26.2 Å². The van der Waals surface area contributed by atoms with E-state index in [1.54, 1.807) is 0 Å². The topological polar surface area (TPSA) is 50.4 Å². The molecule has 0 aromatic rings. The second-order valence-corrected chi connectivity index (χ2v) is 6.06.